The third kappa shape index (κ3) is 2.33. The first-order chi connectivity index (χ1) is 5.24. The van der Waals surface area contributed by atoms with E-state index in [1.54, 1.807) is 0 Å². The standard InChI is InChI=1S/C10H19N/c1-4-11-10-7-8(2)5-6-9(10)3/h9-11H,2,4-7H2,1,3H3. The lowest BCUT2D eigenvalue weighted by atomic mass is 9.83. The summed E-state index contributed by atoms with van der Waals surface area (Å²) in [7, 11) is 0. The first-order valence-corrected chi connectivity index (χ1v) is 4.64. The predicted octanol–water partition coefficient (Wildman–Crippen LogP) is 2.34. The van der Waals surface area contributed by atoms with E-state index in [0.29, 0.717) is 6.04 Å². The molecule has 0 spiro atoms. The fourth-order valence-electron chi connectivity index (χ4n) is 1.78. The van der Waals surface area contributed by atoms with Crippen LogP contribution in [0.15, 0.2) is 12.2 Å². The molecular weight excluding hydrogens is 134 g/mol. The molecule has 0 bridgehead atoms. The summed E-state index contributed by atoms with van der Waals surface area (Å²) in [6.07, 6.45) is 3.74. The van der Waals surface area contributed by atoms with Crippen molar-refractivity contribution in [3.63, 3.8) is 0 Å². The molecule has 0 aromatic rings. The summed E-state index contributed by atoms with van der Waals surface area (Å²) in [4.78, 5) is 0. The molecule has 0 saturated heterocycles. The van der Waals surface area contributed by atoms with Crippen molar-refractivity contribution in [3.8, 4) is 0 Å². The van der Waals surface area contributed by atoms with Gasteiger partial charge < -0.3 is 5.32 Å². The molecule has 1 nitrogen and oxygen atoms in total. The smallest absolute Gasteiger partial charge is 0.0130 e. The fourth-order valence-corrected chi connectivity index (χ4v) is 1.78. The highest BCUT2D eigenvalue weighted by Crippen LogP contribution is 2.26. The Morgan fingerprint density at radius 2 is 2.36 bits per heavy atom. The van der Waals surface area contributed by atoms with Crippen LogP contribution in [0.2, 0.25) is 0 Å². The van der Waals surface area contributed by atoms with Gasteiger partial charge in [0, 0.05) is 6.04 Å². The van der Waals surface area contributed by atoms with E-state index < -0.39 is 0 Å². The molecule has 0 aromatic carbocycles. The Hall–Kier alpha value is -0.300. The molecule has 1 fully saturated rings. The molecule has 0 aliphatic heterocycles. The van der Waals surface area contributed by atoms with Gasteiger partial charge in [-0.25, -0.2) is 0 Å². The average molecular weight is 153 g/mol. The van der Waals surface area contributed by atoms with Crippen LogP contribution in [0.5, 0.6) is 0 Å². The van der Waals surface area contributed by atoms with Gasteiger partial charge in [0.25, 0.3) is 0 Å². The maximum atomic E-state index is 4.04. The number of nitrogens with one attached hydrogen (secondary N) is 1. The SMILES string of the molecule is C=C1CCC(C)C(NCC)C1. The van der Waals surface area contributed by atoms with E-state index in [1.165, 1.54) is 24.8 Å². The minimum Gasteiger partial charge on any atom is -0.314 e. The number of rotatable bonds is 2. The Morgan fingerprint density at radius 3 is 3.00 bits per heavy atom. The third-order valence-electron chi connectivity index (χ3n) is 2.62. The average Bonchev–Trinajstić information content (AvgIpc) is 1.98. The van der Waals surface area contributed by atoms with Crippen LogP contribution in [-0.2, 0) is 0 Å². The maximum Gasteiger partial charge on any atom is 0.0130 e. The maximum absolute atomic E-state index is 4.04. The van der Waals surface area contributed by atoms with E-state index in [4.69, 9.17) is 0 Å². The van der Waals surface area contributed by atoms with Crippen LogP contribution in [0.4, 0.5) is 0 Å². The lowest BCUT2D eigenvalue weighted by Gasteiger charge is -2.30. The molecule has 2 atom stereocenters. The van der Waals surface area contributed by atoms with Crippen LogP contribution in [0.3, 0.4) is 0 Å². The summed E-state index contributed by atoms with van der Waals surface area (Å²) in [6, 6.07) is 0.696. The van der Waals surface area contributed by atoms with Gasteiger partial charge >= 0.3 is 0 Å². The molecule has 1 heteroatoms. The topological polar surface area (TPSA) is 12.0 Å². The normalized spacial score (nSPS) is 32.4. The van der Waals surface area contributed by atoms with Gasteiger partial charge in [-0.3, -0.25) is 0 Å². The van der Waals surface area contributed by atoms with E-state index >= 15 is 0 Å². The Morgan fingerprint density at radius 1 is 1.64 bits per heavy atom. The van der Waals surface area contributed by atoms with Gasteiger partial charge in [-0.2, -0.15) is 0 Å². The second-order valence-corrected chi connectivity index (χ2v) is 3.63. The van der Waals surface area contributed by atoms with E-state index in [2.05, 4.69) is 25.7 Å². The van der Waals surface area contributed by atoms with Crippen LogP contribution in [0.1, 0.15) is 33.1 Å². The summed E-state index contributed by atoms with van der Waals surface area (Å²) < 4.78 is 0. The summed E-state index contributed by atoms with van der Waals surface area (Å²) in [6.45, 7) is 9.63. The van der Waals surface area contributed by atoms with Crippen molar-refractivity contribution in [1.29, 1.82) is 0 Å². The molecule has 1 N–H and O–H groups in total. The molecule has 1 aliphatic carbocycles. The molecular formula is C10H19N. The van der Waals surface area contributed by atoms with Gasteiger partial charge in [0.15, 0.2) is 0 Å². The van der Waals surface area contributed by atoms with Crippen molar-refractivity contribution in [1.82, 2.24) is 5.32 Å². The molecule has 11 heavy (non-hydrogen) atoms. The van der Waals surface area contributed by atoms with Gasteiger partial charge in [0.05, 0.1) is 0 Å². The zero-order valence-corrected chi connectivity index (χ0v) is 7.69. The first kappa shape index (κ1) is 8.79. The van der Waals surface area contributed by atoms with E-state index in [0.717, 1.165) is 12.5 Å². The van der Waals surface area contributed by atoms with E-state index in [1.807, 2.05) is 0 Å². The molecule has 0 heterocycles. The van der Waals surface area contributed by atoms with Crippen molar-refractivity contribution < 1.29 is 0 Å². The first-order valence-electron chi connectivity index (χ1n) is 4.64. The van der Waals surface area contributed by atoms with Crippen LogP contribution in [0.25, 0.3) is 0 Å². The highest BCUT2D eigenvalue weighted by Gasteiger charge is 2.21. The van der Waals surface area contributed by atoms with Crippen LogP contribution >= 0.6 is 0 Å². The summed E-state index contributed by atoms with van der Waals surface area (Å²) in [5, 5.41) is 3.50. The molecule has 1 rings (SSSR count). The lowest BCUT2D eigenvalue weighted by molar-refractivity contribution is 0.327. The second-order valence-electron chi connectivity index (χ2n) is 3.63. The van der Waals surface area contributed by atoms with Gasteiger partial charge in [0.2, 0.25) is 0 Å². The van der Waals surface area contributed by atoms with Crippen LogP contribution in [0, 0.1) is 5.92 Å². The van der Waals surface area contributed by atoms with Crippen LogP contribution < -0.4 is 5.32 Å². The Labute approximate surface area is 69.9 Å². The van der Waals surface area contributed by atoms with E-state index in [-0.39, 0.29) is 0 Å². The number of hydrogen-bond acceptors (Lipinski definition) is 1. The second kappa shape index (κ2) is 3.91. The fraction of sp³-hybridized carbons (Fsp3) is 0.800. The van der Waals surface area contributed by atoms with Crippen LogP contribution in [-0.4, -0.2) is 12.6 Å². The monoisotopic (exact) mass is 153 g/mol. The molecule has 1 saturated carbocycles. The quantitative estimate of drug-likeness (QED) is 0.600. The van der Waals surface area contributed by atoms with Crippen molar-refractivity contribution in [3.05, 3.63) is 12.2 Å². The molecule has 1 aliphatic rings. The van der Waals surface area contributed by atoms with Crippen molar-refractivity contribution in [2.24, 2.45) is 5.92 Å². The van der Waals surface area contributed by atoms with Gasteiger partial charge in [-0.15, -0.1) is 0 Å². The highest BCUT2D eigenvalue weighted by atomic mass is 14.9. The van der Waals surface area contributed by atoms with Gasteiger partial charge in [0.1, 0.15) is 0 Å². The Bertz CT molecular complexity index is 140. The number of hydrogen-bond donors (Lipinski definition) is 1. The highest BCUT2D eigenvalue weighted by molar-refractivity contribution is 5.03. The third-order valence-corrected chi connectivity index (χ3v) is 2.62. The molecule has 64 valence electrons. The zero-order valence-electron chi connectivity index (χ0n) is 7.69. The van der Waals surface area contributed by atoms with Crippen molar-refractivity contribution in [2.45, 2.75) is 39.2 Å². The molecule has 0 radical (unpaired) electrons. The molecule has 0 amide bonds. The predicted molar refractivity (Wildman–Crippen MR) is 49.6 cm³/mol. The largest absolute Gasteiger partial charge is 0.314 e. The summed E-state index contributed by atoms with van der Waals surface area (Å²) in [5.41, 5.74) is 1.43. The van der Waals surface area contributed by atoms with E-state index in [9.17, 15) is 0 Å². The zero-order chi connectivity index (χ0) is 8.27. The van der Waals surface area contributed by atoms with Crippen molar-refractivity contribution >= 4 is 0 Å². The van der Waals surface area contributed by atoms with Gasteiger partial charge in [-0.1, -0.05) is 26.0 Å². The Balaban J connectivity index is 2.40. The summed E-state index contributed by atoms with van der Waals surface area (Å²) >= 11 is 0. The lowest BCUT2D eigenvalue weighted by Crippen LogP contribution is -2.37. The molecule has 2 unspecified atom stereocenters. The summed E-state index contributed by atoms with van der Waals surface area (Å²) in [5.74, 6) is 0.834. The minimum atomic E-state index is 0.696. The van der Waals surface area contributed by atoms with Gasteiger partial charge in [-0.05, 0) is 31.7 Å². The minimum absolute atomic E-state index is 0.696. The Kier molecular flexibility index (Phi) is 3.13. The van der Waals surface area contributed by atoms with Crippen molar-refractivity contribution in [2.75, 3.05) is 6.54 Å². The molecule has 0 aromatic heterocycles.